The summed E-state index contributed by atoms with van der Waals surface area (Å²) in [5.74, 6) is 0. The van der Waals surface area contributed by atoms with Crippen LogP contribution in [0.5, 0.6) is 0 Å². The third-order valence-electron chi connectivity index (χ3n) is 2.63. The highest BCUT2D eigenvalue weighted by molar-refractivity contribution is 7.11. The molecular formula is C12H16S. The lowest BCUT2D eigenvalue weighted by Gasteiger charge is -2.09. The van der Waals surface area contributed by atoms with Crippen LogP contribution in [0.4, 0.5) is 0 Å². The van der Waals surface area contributed by atoms with Crippen molar-refractivity contribution in [3.8, 4) is 0 Å². The fourth-order valence-corrected chi connectivity index (χ4v) is 2.67. The highest BCUT2D eigenvalue weighted by atomic mass is 32.1. The van der Waals surface area contributed by atoms with Crippen molar-refractivity contribution < 1.29 is 0 Å². The predicted octanol–water partition coefficient (Wildman–Crippen LogP) is 4.49. The van der Waals surface area contributed by atoms with Gasteiger partial charge in [-0.2, -0.15) is 0 Å². The summed E-state index contributed by atoms with van der Waals surface area (Å²) in [5, 5.41) is 2.18. The maximum absolute atomic E-state index is 2.45. The predicted molar refractivity (Wildman–Crippen MR) is 60.0 cm³/mol. The molecule has 0 aliphatic heterocycles. The van der Waals surface area contributed by atoms with Gasteiger partial charge in [0.15, 0.2) is 0 Å². The van der Waals surface area contributed by atoms with Crippen molar-refractivity contribution in [3.63, 3.8) is 0 Å². The lowest BCUT2D eigenvalue weighted by molar-refractivity contribution is 0.644. The molecule has 0 bridgehead atoms. The molecule has 0 amide bonds. The second kappa shape index (κ2) is 4.61. The third-order valence-corrected chi connectivity index (χ3v) is 3.57. The Labute approximate surface area is 84.3 Å². The summed E-state index contributed by atoms with van der Waals surface area (Å²) in [7, 11) is 0. The van der Waals surface area contributed by atoms with E-state index in [-0.39, 0.29) is 0 Å². The van der Waals surface area contributed by atoms with Gasteiger partial charge in [0, 0.05) is 4.88 Å². The molecule has 1 aromatic rings. The molecule has 0 N–H and O–H groups in total. The summed E-state index contributed by atoms with van der Waals surface area (Å²) >= 11 is 1.88. The molecule has 0 aromatic carbocycles. The van der Waals surface area contributed by atoms with Crippen molar-refractivity contribution in [2.45, 2.75) is 38.5 Å². The summed E-state index contributed by atoms with van der Waals surface area (Å²) in [4.78, 5) is 1.49. The van der Waals surface area contributed by atoms with E-state index in [4.69, 9.17) is 0 Å². The smallest absolute Gasteiger partial charge is 0.0299 e. The molecule has 1 aliphatic rings. The van der Waals surface area contributed by atoms with Gasteiger partial charge in [-0.3, -0.25) is 0 Å². The number of hydrogen-bond donors (Lipinski definition) is 0. The Bertz CT molecular complexity index is 269. The molecule has 0 spiro atoms. The lowest BCUT2D eigenvalue weighted by atomic mass is 9.99. The SMILES string of the molecule is C1=C(/c2cccs2)CCCCCC/1. The van der Waals surface area contributed by atoms with Gasteiger partial charge in [-0.05, 0) is 42.7 Å². The van der Waals surface area contributed by atoms with Crippen molar-refractivity contribution in [1.29, 1.82) is 0 Å². The standard InChI is InChI=1S/C12H16S/c1-2-4-7-11(8-5-3-1)12-9-6-10-13-12/h6-7,9-10H,1-5,8H2/b11-7+. The Kier molecular flexibility index (Phi) is 3.20. The molecule has 0 unspecified atom stereocenters. The Balaban J connectivity index is 2.11. The Morgan fingerprint density at radius 3 is 2.85 bits per heavy atom. The van der Waals surface area contributed by atoms with Gasteiger partial charge in [0.05, 0.1) is 0 Å². The highest BCUT2D eigenvalue weighted by Crippen LogP contribution is 2.28. The van der Waals surface area contributed by atoms with Crippen LogP contribution in [0.25, 0.3) is 5.57 Å². The summed E-state index contributed by atoms with van der Waals surface area (Å²) < 4.78 is 0. The molecule has 1 aromatic heterocycles. The van der Waals surface area contributed by atoms with Crippen LogP contribution in [0, 0.1) is 0 Å². The first-order valence-electron chi connectivity index (χ1n) is 5.20. The average molecular weight is 192 g/mol. The molecule has 70 valence electrons. The Morgan fingerprint density at radius 1 is 1.08 bits per heavy atom. The van der Waals surface area contributed by atoms with E-state index in [1.165, 1.54) is 43.4 Å². The first-order valence-corrected chi connectivity index (χ1v) is 6.08. The van der Waals surface area contributed by atoms with Gasteiger partial charge in [-0.1, -0.05) is 25.0 Å². The van der Waals surface area contributed by atoms with Gasteiger partial charge in [-0.25, -0.2) is 0 Å². The molecule has 0 fully saturated rings. The van der Waals surface area contributed by atoms with Crippen molar-refractivity contribution in [3.05, 3.63) is 28.5 Å². The molecule has 2 rings (SSSR count). The molecule has 1 heteroatoms. The molecule has 13 heavy (non-hydrogen) atoms. The zero-order valence-corrected chi connectivity index (χ0v) is 8.78. The Morgan fingerprint density at radius 2 is 2.00 bits per heavy atom. The van der Waals surface area contributed by atoms with Crippen LogP contribution >= 0.6 is 11.3 Å². The summed E-state index contributed by atoms with van der Waals surface area (Å²) in [6, 6.07) is 4.40. The van der Waals surface area contributed by atoms with Crippen molar-refractivity contribution in [1.82, 2.24) is 0 Å². The molecule has 0 saturated heterocycles. The number of rotatable bonds is 1. The molecule has 0 nitrogen and oxygen atoms in total. The van der Waals surface area contributed by atoms with Gasteiger partial charge in [0.25, 0.3) is 0 Å². The van der Waals surface area contributed by atoms with Gasteiger partial charge in [-0.15, -0.1) is 11.3 Å². The van der Waals surface area contributed by atoms with Crippen LogP contribution in [0.3, 0.4) is 0 Å². The molecular weight excluding hydrogens is 176 g/mol. The van der Waals surface area contributed by atoms with Crippen LogP contribution in [0.2, 0.25) is 0 Å². The third kappa shape index (κ3) is 2.44. The fraction of sp³-hybridized carbons (Fsp3) is 0.500. The quantitative estimate of drug-likeness (QED) is 0.615. The molecule has 0 atom stereocenters. The van der Waals surface area contributed by atoms with Gasteiger partial charge in [0.1, 0.15) is 0 Å². The van der Waals surface area contributed by atoms with Crippen molar-refractivity contribution in [2.24, 2.45) is 0 Å². The second-order valence-electron chi connectivity index (χ2n) is 3.66. The number of thiophene rings is 1. The van der Waals surface area contributed by atoms with Gasteiger partial charge in [0.2, 0.25) is 0 Å². The summed E-state index contributed by atoms with van der Waals surface area (Å²) in [5.41, 5.74) is 1.59. The van der Waals surface area contributed by atoms with E-state index >= 15 is 0 Å². The number of allylic oxidation sites excluding steroid dienone is 2. The van der Waals surface area contributed by atoms with Crippen LogP contribution in [-0.2, 0) is 0 Å². The number of hydrogen-bond acceptors (Lipinski definition) is 1. The monoisotopic (exact) mass is 192 g/mol. The van der Waals surface area contributed by atoms with E-state index in [1.807, 2.05) is 11.3 Å². The van der Waals surface area contributed by atoms with E-state index in [0.29, 0.717) is 0 Å². The van der Waals surface area contributed by atoms with Gasteiger partial charge >= 0.3 is 0 Å². The molecule has 0 radical (unpaired) electrons. The first kappa shape index (κ1) is 9.01. The van der Waals surface area contributed by atoms with Gasteiger partial charge < -0.3 is 0 Å². The van der Waals surface area contributed by atoms with E-state index in [2.05, 4.69) is 23.6 Å². The van der Waals surface area contributed by atoms with Crippen LogP contribution in [0.1, 0.15) is 43.4 Å². The van der Waals surface area contributed by atoms with Crippen molar-refractivity contribution >= 4 is 16.9 Å². The fourth-order valence-electron chi connectivity index (χ4n) is 1.88. The van der Waals surface area contributed by atoms with E-state index in [9.17, 15) is 0 Å². The minimum Gasteiger partial charge on any atom is -0.144 e. The zero-order valence-electron chi connectivity index (χ0n) is 7.96. The maximum Gasteiger partial charge on any atom is 0.0299 e. The van der Waals surface area contributed by atoms with E-state index < -0.39 is 0 Å². The first-order chi connectivity index (χ1) is 6.47. The van der Waals surface area contributed by atoms with Crippen LogP contribution in [0.15, 0.2) is 23.6 Å². The highest BCUT2D eigenvalue weighted by Gasteiger charge is 2.04. The average Bonchev–Trinajstić information content (AvgIpc) is 2.55. The maximum atomic E-state index is 2.45. The normalized spacial score (nSPS) is 22.9. The van der Waals surface area contributed by atoms with E-state index in [0.717, 1.165) is 0 Å². The largest absolute Gasteiger partial charge is 0.144 e. The topological polar surface area (TPSA) is 0 Å². The zero-order chi connectivity index (χ0) is 8.93. The summed E-state index contributed by atoms with van der Waals surface area (Å²) in [6.07, 6.45) is 10.6. The van der Waals surface area contributed by atoms with Crippen molar-refractivity contribution in [2.75, 3.05) is 0 Å². The lowest BCUT2D eigenvalue weighted by Crippen LogP contribution is -1.87. The Hall–Kier alpha value is -0.560. The van der Waals surface area contributed by atoms with Crippen LogP contribution < -0.4 is 0 Å². The van der Waals surface area contributed by atoms with E-state index in [1.54, 1.807) is 5.57 Å². The summed E-state index contributed by atoms with van der Waals surface area (Å²) in [6.45, 7) is 0. The minimum absolute atomic E-state index is 1.28. The molecule has 1 aliphatic carbocycles. The molecule has 0 saturated carbocycles. The minimum atomic E-state index is 1.28. The van der Waals surface area contributed by atoms with Crippen LogP contribution in [-0.4, -0.2) is 0 Å². The second-order valence-corrected chi connectivity index (χ2v) is 4.61. The molecule has 1 heterocycles.